The molecule has 0 radical (unpaired) electrons. The third kappa shape index (κ3) is 9.15. The smallest absolute Gasteiger partial charge is 0.383 e. The lowest BCUT2D eigenvalue weighted by atomic mass is 10.1. The molecule has 0 saturated heterocycles. The zero-order valence-electron chi connectivity index (χ0n) is 21.0. The number of hydrogen-bond acceptors (Lipinski definition) is 5. The molecule has 0 amide bonds. The van der Waals surface area contributed by atoms with Crippen LogP contribution >= 0.6 is 0 Å². The van der Waals surface area contributed by atoms with Crippen molar-refractivity contribution in [1.82, 2.24) is 0 Å². The minimum Gasteiger partial charge on any atom is -0.493 e. The van der Waals surface area contributed by atoms with Gasteiger partial charge in [0.15, 0.2) is 5.75 Å². The van der Waals surface area contributed by atoms with Gasteiger partial charge < -0.3 is 18.6 Å². The Bertz CT molecular complexity index is 897. The van der Waals surface area contributed by atoms with E-state index < -0.39 is 5.63 Å². The Morgan fingerprint density at radius 3 is 2.30 bits per heavy atom. The van der Waals surface area contributed by atoms with Gasteiger partial charge in [0, 0.05) is 0 Å². The van der Waals surface area contributed by atoms with Crippen LogP contribution in [0.5, 0.6) is 17.2 Å². The van der Waals surface area contributed by atoms with E-state index in [1.165, 1.54) is 38.5 Å². The monoisotopic (exact) mass is 458 g/mol. The summed E-state index contributed by atoms with van der Waals surface area (Å²) in [4.78, 5) is 12.7. The number of fused-ring (bicyclic) bond motifs is 1. The minimum atomic E-state index is -0.530. The van der Waals surface area contributed by atoms with Gasteiger partial charge in [-0.15, -0.1) is 0 Å². The third-order valence-electron chi connectivity index (χ3n) is 5.35. The fourth-order valence-electron chi connectivity index (χ4n) is 3.70. The molecular weight excluding hydrogens is 416 g/mol. The number of hydrogen-bond donors (Lipinski definition) is 0. The molecule has 1 aromatic heterocycles. The molecule has 0 N–H and O–H groups in total. The molecule has 0 spiro atoms. The molecule has 184 valence electrons. The first kappa shape index (κ1) is 26.8. The van der Waals surface area contributed by atoms with Crippen molar-refractivity contribution in [3.05, 3.63) is 40.8 Å². The van der Waals surface area contributed by atoms with Crippen LogP contribution in [0.25, 0.3) is 11.0 Å². The summed E-state index contributed by atoms with van der Waals surface area (Å²) >= 11 is 0. The predicted molar refractivity (Wildman–Crippen MR) is 136 cm³/mol. The maximum atomic E-state index is 12.7. The van der Waals surface area contributed by atoms with E-state index in [4.69, 9.17) is 18.6 Å². The number of unbranched alkanes of at least 4 members (excludes halogenated alkanes) is 7. The second-order valence-electron chi connectivity index (χ2n) is 8.68. The van der Waals surface area contributed by atoms with Gasteiger partial charge in [0.1, 0.15) is 16.7 Å². The van der Waals surface area contributed by atoms with Gasteiger partial charge in [-0.1, -0.05) is 77.0 Å². The second kappa shape index (κ2) is 15.4. The standard InChI is InChI=1S/C28H42O5/c1-5-7-9-11-12-13-14-16-20-30-23-18-17-19-24-25(23)26(32-22(3)4)27(28(29)33-24)31-21-15-10-8-6-2/h8,10,17-19,22H,5-7,9,11-16,20-21H2,1-4H3. The first-order valence-electron chi connectivity index (χ1n) is 12.8. The SMILES string of the molecule is CCC=CCCOc1c(OC(C)C)c2c(OCCCCCCCCCC)cccc2oc1=O. The average molecular weight is 459 g/mol. The fourth-order valence-corrected chi connectivity index (χ4v) is 3.70. The first-order chi connectivity index (χ1) is 16.1. The molecule has 0 saturated carbocycles. The second-order valence-corrected chi connectivity index (χ2v) is 8.68. The van der Waals surface area contributed by atoms with Gasteiger partial charge in [-0.25, -0.2) is 4.79 Å². The Labute approximate surface area is 199 Å². The van der Waals surface area contributed by atoms with Crippen LogP contribution in [-0.2, 0) is 0 Å². The minimum absolute atomic E-state index is 0.115. The van der Waals surface area contributed by atoms with Gasteiger partial charge >= 0.3 is 5.63 Å². The molecule has 2 rings (SSSR count). The number of rotatable bonds is 17. The van der Waals surface area contributed by atoms with E-state index in [1.54, 1.807) is 6.07 Å². The highest BCUT2D eigenvalue weighted by molar-refractivity contribution is 5.91. The normalized spacial score (nSPS) is 11.5. The molecule has 2 aromatic rings. The Hall–Kier alpha value is -2.43. The van der Waals surface area contributed by atoms with Crippen LogP contribution in [0.15, 0.2) is 39.6 Å². The molecule has 0 aliphatic heterocycles. The van der Waals surface area contributed by atoms with E-state index in [1.807, 2.05) is 32.1 Å². The summed E-state index contributed by atoms with van der Waals surface area (Å²) in [6.45, 7) is 9.18. The maximum absolute atomic E-state index is 12.7. The van der Waals surface area contributed by atoms with E-state index in [9.17, 15) is 4.79 Å². The van der Waals surface area contributed by atoms with Crippen molar-refractivity contribution >= 4 is 11.0 Å². The Kier molecular flexibility index (Phi) is 12.5. The van der Waals surface area contributed by atoms with Gasteiger partial charge in [-0.05, 0) is 45.2 Å². The molecular formula is C28H42O5. The summed E-state index contributed by atoms with van der Waals surface area (Å²) < 4.78 is 23.6. The van der Waals surface area contributed by atoms with Crippen molar-refractivity contribution in [2.45, 2.75) is 98.0 Å². The molecule has 0 fully saturated rings. The maximum Gasteiger partial charge on any atom is 0.383 e. The van der Waals surface area contributed by atoms with Gasteiger partial charge in [-0.3, -0.25) is 0 Å². The van der Waals surface area contributed by atoms with Crippen molar-refractivity contribution < 1.29 is 18.6 Å². The van der Waals surface area contributed by atoms with E-state index in [0.29, 0.717) is 42.1 Å². The van der Waals surface area contributed by atoms with Crippen molar-refractivity contribution in [3.8, 4) is 17.2 Å². The summed E-state index contributed by atoms with van der Waals surface area (Å²) in [5, 5.41) is 0.657. The van der Waals surface area contributed by atoms with Crippen molar-refractivity contribution in [3.63, 3.8) is 0 Å². The number of benzene rings is 1. The molecule has 33 heavy (non-hydrogen) atoms. The van der Waals surface area contributed by atoms with Gasteiger partial charge in [0.2, 0.25) is 5.75 Å². The summed E-state index contributed by atoms with van der Waals surface area (Å²) in [5.41, 5.74) is -0.0832. The van der Waals surface area contributed by atoms with Crippen molar-refractivity contribution in [2.24, 2.45) is 0 Å². The molecule has 5 nitrogen and oxygen atoms in total. The van der Waals surface area contributed by atoms with Crippen LogP contribution < -0.4 is 19.8 Å². The van der Waals surface area contributed by atoms with Gasteiger partial charge in [0.25, 0.3) is 0 Å². The largest absolute Gasteiger partial charge is 0.493 e. The molecule has 0 aliphatic rings. The molecule has 0 unspecified atom stereocenters. The molecule has 1 aromatic carbocycles. The van der Waals surface area contributed by atoms with E-state index >= 15 is 0 Å². The van der Waals surface area contributed by atoms with Crippen LogP contribution in [0.1, 0.15) is 91.9 Å². The zero-order valence-corrected chi connectivity index (χ0v) is 21.0. The summed E-state index contributed by atoms with van der Waals surface area (Å²) in [7, 11) is 0. The van der Waals surface area contributed by atoms with Crippen LogP contribution in [0, 0.1) is 0 Å². The van der Waals surface area contributed by atoms with E-state index in [0.717, 1.165) is 19.3 Å². The quantitative estimate of drug-likeness (QED) is 0.137. The average Bonchev–Trinajstić information content (AvgIpc) is 2.79. The van der Waals surface area contributed by atoms with Crippen LogP contribution in [0.4, 0.5) is 0 Å². The lowest BCUT2D eigenvalue weighted by Crippen LogP contribution is -2.14. The Morgan fingerprint density at radius 1 is 0.879 bits per heavy atom. The molecule has 5 heteroatoms. The van der Waals surface area contributed by atoms with Gasteiger partial charge in [0.05, 0.1) is 19.3 Å². The lowest BCUT2D eigenvalue weighted by molar-refractivity contribution is 0.218. The van der Waals surface area contributed by atoms with Gasteiger partial charge in [-0.2, -0.15) is 0 Å². The fraction of sp³-hybridized carbons (Fsp3) is 0.607. The van der Waals surface area contributed by atoms with Crippen molar-refractivity contribution in [1.29, 1.82) is 0 Å². The summed E-state index contributed by atoms with van der Waals surface area (Å²) in [6.07, 6.45) is 15.6. The van der Waals surface area contributed by atoms with Crippen LogP contribution in [-0.4, -0.2) is 19.3 Å². The molecule has 1 heterocycles. The van der Waals surface area contributed by atoms with E-state index in [2.05, 4.69) is 19.9 Å². The highest BCUT2D eigenvalue weighted by atomic mass is 16.5. The molecule has 0 bridgehead atoms. The zero-order chi connectivity index (χ0) is 23.9. The highest BCUT2D eigenvalue weighted by Crippen LogP contribution is 2.39. The Balaban J connectivity index is 2.12. The topological polar surface area (TPSA) is 57.9 Å². The molecule has 0 atom stereocenters. The predicted octanol–water partition coefficient (Wildman–Crippen LogP) is 7.83. The highest BCUT2D eigenvalue weighted by Gasteiger charge is 2.22. The molecule has 0 aliphatic carbocycles. The van der Waals surface area contributed by atoms with E-state index in [-0.39, 0.29) is 11.9 Å². The Morgan fingerprint density at radius 2 is 1.61 bits per heavy atom. The summed E-state index contributed by atoms with van der Waals surface area (Å²) in [6, 6.07) is 5.50. The summed E-state index contributed by atoms with van der Waals surface area (Å²) in [5.74, 6) is 1.18. The van der Waals surface area contributed by atoms with Crippen LogP contribution in [0.3, 0.4) is 0 Å². The van der Waals surface area contributed by atoms with Crippen molar-refractivity contribution in [2.75, 3.05) is 13.2 Å². The lowest BCUT2D eigenvalue weighted by Gasteiger charge is -2.18. The first-order valence-corrected chi connectivity index (χ1v) is 12.8. The third-order valence-corrected chi connectivity index (χ3v) is 5.35. The number of allylic oxidation sites excluding steroid dienone is 1. The number of ether oxygens (including phenoxy) is 3. The van der Waals surface area contributed by atoms with Crippen LogP contribution in [0.2, 0.25) is 0 Å².